The van der Waals surface area contributed by atoms with Crippen LogP contribution in [0.5, 0.6) is 5.75 Å². The molecule has 1 aliphatic heterocycles. The molecule has 3 aromatic rings. The molecule has 0 bridgehead atoms. The molecule has 0 fully saturated rings. The van der Waals surface area contributed by atoms with Crippen LogP contribution in [0.25, 0.3) is 6.08 Å². The van der Waals surface area contributed by atoms with E-state index in [1.807, 2.05) is 72.8 Å². The number of halogens is 1. The molecule has 4 nitrogen and oxygen atoms in total. The summed E-state index contributed by atoms with van der Waals surface area (Å²) < 4.78 is 12.3. The summed E-state index contributed by atoms with van der Waals surface area (Å²) in [5.41, 5.74) is 4.16. The molecule has 0 saturated heterocycles. The Morgan fingerprint density at radius 3 is 2.55 bits per heavy atom. The summed E-state index contributed by atoms with van der Waals surface area (Å²) in [5, 5.41) is 0. The van der Waals surface area contributed by atoms with Crippen molar-refractivity contribution in [2.75, 3.05) is 0 Å². The summed E-state index contributed by atoms with van der Waals surface area (Å²) in [7, 11) is 0. The molecule has 0 aromatic heterocycles. The standard InChI is InChI=1S/C26H22BrNO3/c1-17(2)20-9-11-21(12-10-20)25-28-24(26(29)31-25)15-18-5-4-8-23(14-18)30-16-19-6-3-7-22(27)13-19/h3-15,17H,16H2,1-2H3/b24-15-. The monoisotopic (exact) mass is 475 g/mol. The number of cyclic esters (lactones) is 1. The second-order valence-electron chi connectivity index (χ2n) is 7.60. The van der Waals surface area contributed by atoms with Gasteiger partial charge >= 0.3 is 5.97 Å². The highest BCUT2D eigenvalue weighted by atomic mass is 79.9. The number of hydrogen-bond donors (Lipinski definition) is 0. The summed E-state index contributed by atoms with van der Waals surface area (Å²) >= 11 is 3.47. The molecule has 0 unspecified atom stereocenters. The lowest BCUT2D eigenvalue weighted by Crippen LogP contribution is -2.05. The zero-order valence-corrected chi connectivity index (χ0v) is 18.9. The Hall–Kier alpha value is -3.18. The topological polar surface area (TPSA) is 47.9 Å². The first-order valence-corrected chi connectivity index (χ1v) is 10.9. The summed E-state index contributed by atoms with van der Waals surface area (Å²) in [4.78, 5) is 16.7. The van der Waals surface area contributed by atoms with E-state index in [0.29, 0.717) is 24.2 Å². The van der Waals surface area contributed by atoms with E-state index in [4.69, 9.17) is 9.47 Å². The van der Waals surface area contributed by atoms with Crippen LogP contribution in [-0.2, 0) is 16.1 Å². The number of carbonyl (C=O) groups is 1. The Morgan fingerprint density at radius 1 is 1.03 bits per heavy atom. The minimum atomic E-state index is -0.455. The molecule has 0 saturated carbocycles. The van der Waals surface area contributed by atoms with Gasteiger partial charge in [0, 0.05) is 10.0 Å². The molecule has 0 spiro atoms. The van der Waals surface area contributed by atoms with Crippen molar-refractivity contribution >= 4 is 33.9 Å². The first kappa shape index (κ1) is 21.1. The number of rotatable bonds is 6. The maximum absolute atomic E-state index is 12.3. The van der Waals surface area contributed by atoms with Crippen molar-refractivity contribution in [2.24, 2.45) is 4.99 Å². The van der Waals surface area contributed by atoms with Crippen LogP contribution in [0.3, 0.4) is 0 Å². The molecule has 0 aliphatic carbocycles. The highest BCUT2D eigenvalue weighted by Crippen LogP contribution is 2.23. The van der Waals surface area contributed by atoms with Gasteiger partial charge in [0.25, 0.3) is 0 Å². The molecule has 3 aromatic carbocycles. The molecule has 0 amide bonds. The van der Waals surface area contributed by atoms with Gasteiger partial charge in [0.15, 0.2) is 5.70 Å². The van der Waals surface area contributed by atoms with Crippen LogP contribution in [0.15, 0.2) is 88.0 Å². The van der Waals surface area contributed by atoms with Gasteiger partial charge in [-0.3, -0.25) is 0 Å². The molecule has 1 aliphatic rings. The molecular weight excluding hydrogens is 454 g/mol. The van der Waals surface area contributed by atoms with E-state index in [9.17, 15) is 4.79 Å². The average Bonchev–Trinajstić information content (AvgIpc) is 3.13. The van der Waals surface area contributed by atoms with Gasteiger partial charge < -0.3 is 9.47 Å². The van der Waals surface area contributed by atoms with Gasteiger partial charge in [-0.05, 0) is 65.1 Å². The van der Waals surface area contributed by atoms with E-state index >= 15 is 0 Å². The molecule has 156 valence electrons. The highest BCUT2D eigenvalue weighted by molar-refractivity contribution is 9.10. The molecule has 0 atom stereocenters. The van der Waals surface area contributed by atoms with Crippen molar-refractivity contribution in [3.63, 3.8) is 0 Å². The van der Waals surface area contributed by atoms with Crippen molar-refractivity contribution < 1.29 is 14.3 Å². The summed E-state index contributed by atoms with van der Waals surface area (Å²) in [6, 6.07) is 23.5. The third kappa shape index (κ3) is 5.30. The lowest BCUT2D eigenvalue weighted by Gasteiger charge is -2.07. The summed E-state index contributed by atoms with van der Waals surface area (Å²) in [5.74, 6) is 1.03. The molecule has 31 heavy (non-hydrogen) atoms. The first-order chi connectivity index (χ1) is 15.0. The van der Waals surface area contributed by atoms with Crippen LogP contribution in [0.1, 0.15) is 42.0 Å². The Kier molecular flexibility index (Phi) is 6.33. The smallest absolute Gasteiger partial charge is 0.363 e. The zero-order valence-electron chi connectivity index (χ0n) is 17.3. The van der Waals surface area contributed by atoms with E-state index in [2.05, 4.69) is 34.8 Å². The predicted octanol–water partition coefficient (Wildman–Crippen LogP) is 6.50. The van der Waals surface area contributed by atoms with Crippen LogP contribution >= 0.6 is 15.9 Å². The molecule has 5 heteroatoms. The van der Waals surface area contributed by atoms with E-state index in [0.717, 1.165) is 21.2 Å². The second-order valence-corrected chi connectivity index (χ2v) is 8.52. The van der Waals surface area contributed by atoms with Gasteiger partial charge in [0.1, 0.15) is 12.4 Å². The second kappa shape index (κ2) is 9.31. The minimum Gasteiger partial charge on any atom is -0.489 e. The molecule has 0 N–H and O–H groups in total. The minimum absolute atomic E-state index is 0.270. The third-order valence-electron chi connectivity index (χ3n) is 4.90. The van der Waals surface area contributed by atoms with E-state index in [1.165, 1.54) is 5.56 Å². The van der Waals surface area contributed by atoms with Crippen molar-refractivity contribution in [3.8, 4) is 5.75 Å². The van der Waals surface area contributed by atoms with Gasteiger partial charge in [-0.25, -0.2) is 9.79 Å². The SMILES string of the molecule is CC(C)c1ccc(C2=N/C(=C\c3cccc(OCc4cccc(Br)c4)c3)C(=O)O2)cc1. The fourth-order valence-electron chi connectivity index (χ4n) is 3.19. The molecule has 1 heterocycles. The number of ether oxygens (including phenoxy) is 2. The molecular formula is C26H22BrNO3. The van der Waals surface area contributed by atoms with Gasteiger partial charge in [0.2, 0.25) is 5.90 Å². The van der Waals surface area contributed by atoms with E-state index < -0.39 is 5.97 Å². The summed E-state index contributed by atoms with van der Waals surface area (Å²) in [6.07, 6.45) is 1.71. The van der Waals surface area contributed by atoms with Crippen molar-refractivity contribution in [3.05, 3.63) is 105 Å². The number of carbonyl (C=O) groups excluding carboxylic acids is 1. The Bertz CT molecular complexity index is 1160. The Labute approximate surface area is 190 Å². The number of hydrogen-bond acceptors (Lipinski definition) is 4. The van der Waals surface area contributed by atoms with Crippen molar-refractivity contribution in [1.82, 2.24) is 0 Å². The van der Waals surface area contributed by atoms with Crippen LogP contribution < -0.4 is 4.74 Å². The fourth-order valence-corrected chi connectivity index (χ4v) is 3.64. The Morgan fingerprint density at radius 2 is 1.81 bits per heavy atom. The number of esters is 1. The van der Waals surface area contributed by atoms with E-state index in [-0.39, 0.29) is 5.70 Å². The fraction of sp³-hybridized carbons (Fsp3) is 0.154. The van der Waals surface area contributed by atoms with Crippen LogP contribution in [0.4, 0.5) is 0 Å². The third-order valence-corrected chi connectivity index (χ3v) is 5.39. The average molecular weight is 476 g/mol. The van der Waals surface area contributed by atoms with Crippen LogP contribution in [-0.4, -0.2) is 11.9 Å². The molecule has 0 radical (unpaired) electrons. The first-order valence-electron chi connectivity index (χ1n) is 10.1. The quantitative estimate of drug-likeness (QED) is 0.302. The van der Waals surface area contributed by atoms with Gasteiger partial charge in [-0.1, -0.05) is 66.2 Å². The Balaban J connectivity index is 1.50. The van der Waals surface area contributed by atoms with Gasteiger partial charge in [-0.2, -0.15) is 0 Å². The largest absolute Gasteiger partial charge is 0.489 e. The summed E-state index contributed by atoms with van der Waals surface area (Å²) in [6.45, 7) is 4.73. The van der Waals surface area contributed by atoms with Gasteiger partial charge in [-0.15, -0.1) is 0 Å². The zero-order chi connectivity index (χ0) is 21.8. The maximum Gasteiger partial charge on any atom is 0.363 e. The number of nitrogens with zero attached hydrogens (tertiary/aromatic N) is 1. The number of benzene rings is 3. The lowest BCUT2D eigenvalue weighted by molar-refractivity contribution is -0.129. The van der Waals surface area contributed by atoms with E-state index in [1.54, 1.807) is 6.08 Å². The normalized spacial score (nSPS) is 14.6. The maximum atomic E-state index is 12.3. The lowest BCUT2D eigenvalue weighted by atomic mass is 10.0. The predicted molar refractivity (Wildman–Crippen MR) is 126 cm³/mol. The van der Waals surface area contributed by atoms with Crippen molar-refractivity contribution in [2.45, 2.75) is 26.4 Å². The number of aliphatic imine (C=N–C) groups is 1. The van der Waals surface area contributed by atoms with Gasteiger partial charge in [0.05, 0.1) is 0 Å². The van der Waals surface area contributed by atoms with Crippen molar-refractivity contribution in [1.29, 1.82) is 0 Å². The van der Waals surface area contributed by atoms with Crippen LogP contribution in [0.2, 0.25) is 0 Å². The van der Waals surface area contributed by atoms with Crippen LogP contribution in [0, 0.1) is 0 Å². The molecule has 4 rings (SSSR count). The highest BCUT2D eigenvalue weighted by Gasteiger charge is 2.24.